The topological polar surface area (TPSA) is 46.4 Å². The number of unbranched alkanes of at least 4 members (excludes halogenated alkanes) is 3. The van der Waals surface area contributed by atoms with Crippen LogP contribution in [0.25, 0.3) is 71.6 Å². The van der Waals surface area contributed by atoms with E-state index >= 15 is 0 Å². The van der Waals surface area contributed by atoms with Crippen LogP contribution in [0.2, 0.25) is 5.02 Å². The van der Waals surface area contributed by atoms with Crippen molar-refractivity contribution >= 4 is 55.5 Å². The fourth-order valence-electron chi connectivity index (χ4n) is 8.14. The van der Waals surface area contributed by atoms with Crippen LogP contribution in [-0.4, -0.2) is 15.9 Å². The van der Waals surface area contributed by atoms with Gasteiger partial charge in [0.25, 0.3) is 5.56 Å². The predicted octanol–water partition coefficient (Wildman–Crippen LogP) is 12.5. The average molecular weight is 688 g/mol. The van der Waals surface area contributed by atoms with Crippen molar-refractivity contribution in [3.63, 3.8) is 0 Å². The van der Waals surface area contributed by atoms with Crippen LogP contribution >= 0.6 is 11.6 Å². The van der Waals surface area contributed by atoms with Gasteiger partial charge in [0.2, 0.25) is 0 Å². The molecule has 0 aliphatic carbocycles. The number of nitrogens with zero attached hydrogens (tertiary/aromatic N) is 2. The number of hydrogen-bond acceptors (Lipinski definition) is 3. The highest BCUT2D eigenvalue weighted by Gasteiger charge is 2.23. The third-order valence-electron chi connectivity index (χ3n) is 10.6. The zero-order valence-electron chi connectivity index (χ0n) is 30.0. The van der Waals surface area contributed by atoms with Crippen molar-refractivity contribution in [3.8, 4) is 33.4 Å². The highest BCUT2D eigenvalue weighted by atomic mass is 35.5. The third-order valence-corrected chi connectivity index (χ3v) is 10.9. The molecule has 4 nitrogen and oxygen atoms in total. The van der Waals surface area contributed by atoms with Crippen LogP contribution < -0.4 is 10.9 Å². The number of aryl methyl sites for hydroxylation is 4. The van der Waals surface area contributed by atoms with E-state index in [9.17, 15) is 4.79 Å². The summed E-state index contributed by atoms with van der Waals surface area (Å²) in [6.45, 7) is 11.8. The fourth-order valence-corrected chi connectivity index (χ4v) is 8.40. The second kappa shape index (κ2) is 13.2. The summed E-state index contributed by atoms with van der Waals surface area (Å²) >= 11 is 7.04. The predicted molar refractivity (Wildman–Crippen MR) is 218 cm³/mol. The monoisotopic (exact) mass is 687 g/mol. The van der Waals surface area contributed by atoms with Crippen molar-refractivity contribution < 1.29 is 0 Å². The Kier molecular flexibility index (Phi) is 8.52. The second-order valence-electron chi connectivity index (χ2n) is 14.1. The lowest BCUT2D eigenvalue weighted by Gasteiger charge is -2.15. The smallest absolute Gasteiger partial charge is 0.264 e. The molecule has 254 valence electrons. The molecular formula is C46H42ClN3O. The van der Waals surface area contributed by atoms with E-state index in [-0.39, 0.29) is 5.56 Å². The molecule has 0 amide bonds. The molecule has 5 heteroatoms. The van der Waals surface area contributed by atoms with Gasteiger partial charge in [-0.15, -0.1) is 0 Å². The SMILES string of the molecule is CCCCCCNc1ccc(-c2ccc3c(=O)n4c5cc(-c6c(C)cccc6C)cc(-c6c(C)cccc6C)c5nc4c4ccc(Cl)c2c34)cc1. The van der Waals surface area contributed by atoms with Crippen LogP contribution in [0.15, 0.2) is 102 Å². The van der Waals surface area contributed by atoms with Crippen molar-refractivity contribution in [3.05, 3.63) is 135 Å². The van der Waals surface area contributed by atoms with Crippen molar-refractivity contribution in [1.29, 1.82) is 0 Å². The Balaban J connectivity index is 1.38. The van der Waals surface area contributed by atoms with Gasteiger partial charge >= 0.3 is 0 Å². The first-order valence-corrected chi connectivity index (χ1v) is 18.5. The molecule has 0 atom stereocenters. The Bertz CT molecular complexity index is 2630. The summed E-state index contributed by atoms with van der Waals surface area (Å²) in [5, 5.41) is 7.46. The van der Waals surface area contributed by atoms with E-state index in [2.05, 4.69) is 113 Å². The van der Waals surface area contributed by atoms with E-state index in [4.69, 9.17) is 16.6 Å². The van der Waals surface area contributed by atoms with E-state index < -0.39 is 0 Å². The van der Waals surface area contributed by atoms with Crippen LogP contribution in [0.3, 0.4) is 0 Å². The van der Waals surface area contributed by atoms with Crippen molar-refractivity contribution in [2.75, 3.05) is 11.9 Å². The van der Waals surface area contributed by atoms with E-state index in [1.165, 1.54) is 47.1 Å². The number of halogens is 1. The summed E-state index contributed by atoms with van der Waals surface area (Å²) in [6.07, 6.45) is 4.91. The molecule has 1 N–H and O–H groups in total. The molecular weight excluding hydrogens is 646 g/mol. The van der Waals surface area contributed by atoms with Crippen LogP contribution in [0.1, 0.15) is 54.9 Å². The van der Waals surface area contributed by atoms with Gasteiger partial charge < -0.3 is 5.32 Å². The van der Waals surface area contributed by atoms with E-state index in [1.54, 1.807) is 0 Å². The zero-order chi connectivity index (χ0) is 35.4. The molecule has 0 unspecified atom stereocenters. The van der Waals surface area contributed by atoms with E-state index in [1.807, 2.05) is 28.7 Å². The minimum atomic E-state index is -0.0902. The first kappa shape index (κ1) is 33.0. The number of anilines is 1. The lowest BCUT2D eigenvalue weighted by atomic mass is 9.89. The average Bonchev–Trinajstić information content (AvgIpc) is 3.51. The van der Waals surface area contributed by atoms with Crippen LogP contribution in [-0.2, 0) is 0 Å². The summed E-state index contributed by atoms with van der Waals surface area (Å²) in [7, 11) is 0. The molecule has 8 rings (SSSR count). The van der Waals surface area contributed by atoms with Gasteiger partial charge in [0.15, 0.2) is 0 Å². The van der Waals surface area contributed by atoms with Gasteiger partial charge in [-0.25, -0.2) is 4.98 Å². The lowest BCUT2D eigenvalue weighted by molar-refractivity contribution is 0.685. The Morgan fingerprint density at radius 1 is 0.667 bits per heavy atom. The Hall–Kier alpha value is -5.19. The quantitative estimate of drug-likeness (QED) is 0.154. The summed E-state index contributed by atoms with van der Waals surface area (Å²) in [5.41, 5.74) is 14.5. The Labute approximate surface area is 304 Å². The number of fused-ring (bicyclic) bond motifs is 4. The van der Waals surface area contributed by atoms with Gasteiger partial charge in [-0.3, -0.25) is 9.20 Å². The molecule has 2 aromatic heterocycles. The minimum absolute atomic E-state index is 0.0902. The third kappa shape index (κ3) is 5.53. The van der Waals surface area contributed by atoms with Gasteiger partial charge in [0.1, 0.15) is 5.65 Å². The maximum atomic E-state index is 14.8. The van der Waals surface area contributed by atoms with Crippen molar-refractivity contribution in [2.45, 2.75) is 60.3 Å². The standard InChI is InChI=1S/C46H42ClN3O/c1-6-7-8-9-24-48-33-18-16-31(17-19-33)34-20-21-36-42-35(22-23-38(47)43(34)42)45-49-44-37(41-29(4)14-11-15-30(41)5)25-32(26-39(44)50(45)46(36)51)40-27(2)12-10-13-28(40)3/h10-23,25-26,48H,6-9,24H2,1-5H3. The molecule has 51 heavy (non-hydrogen) atoms. The number of rotatable bonds is 9. The van der Waals surface area contributed by atoms with Gasteiger partial charge in [-0.2, -0.15) is 0 Å². The zero-order valence-corrected chi connectivity index (χ0v) is 30.7. The molecule has 8 aromatic rings. The molecule has 0 aliphatic rings. The van der Waals surface area contributed by atoms with Gasteiger partial charge in [0.05, 0.1) is 11.0 Å². The molecule has 0 aliphatic heterocycles. The molecule has 0 saturated heterocycles. The number of aromatic nitrogens is 2. The van der Waals surface area contributed by atoms with Gasteiger partial charge in [-0.05, 0) is 127 Å². The second-order valence-corrected chi connectivity index (χ2v) is 14.5. The minimum Gasteiger partial charge on any atom is -0.385 e. The first-order chi connectivity index (χ1) is 24.8. The van der Waals surface area contributed by atoms with E-state index in [0.717, 1.165) is 73.7 Å². The highest BCUT2D eigenvalue weighted by molar-refractivity contribution is 6.39. The summed E-state index contributed by atoms with van der Waals surface area (Å²) in [6, 6.07) is 33.8. The number of hydrogen-bond donors (Lipinski definition) is 1. The summed E-state index contributed by atoms with van der Waals surface area (Å²) in [5.74, 6) is 0. The normalized spacial score (nSPS) is 11.8. The summed E-state index contributed by atoms with van der Waals surface area (Å²) < 4.78 is 1.83. The Morgan fingerprint density at radius 2 is 1.33 bits per heavy atom. The summed E-state index contributed by atoms with van der Waals surface area (Å²) in [4.78, 5) is 20.1. The fraction of sp³-hybridized carbons (Fsp3) is 0.217. The van der Waals surface area contributed by atoms with Crippen molar-refractivity contribution in [2.24, 2.45) is 0 Å². The van der Waals surface area contributed by atoms with Gasteiger partial charge in [0, 0.05) is 44.4 Å². The number of pyridine rings is 1. The van der Waals surface area contributed by atoms with Gasteiger partial charge in [-0.1, -0.05) is 92.4 Å². The van der Waals surface area contributed by atoms with E-state index in [0.29, 0.717) is 16.1 Å². The molecule has 6 aromatic carbocycles. The van der Waals surface area contributed by atoms with Crippen LogP contribution in [0.4, 0.5) is 5.69 Å². The number of nitrogens with one attached hydrogen (secondary N) is 1. The molecule has 0 radical (unpaired) electrons. The van der Waals surface area contributed by atoms with Crippen molar-refractivity contribution in [1.82, 2.24) is 9.38 Å². The lowest BCUT2D eigenvalue weighted by Crippen LogP contribution is -2.13. The Morgan fingerprint density at radius 3 is 2.02 bits per heavy atom. The molecule has 0 saturated carbocycles. The van der Waals surface area contributed by atoms with Crippen LogP contribution in [0.5, 0.6) is 0 Å². The molecule has 0 fully saturated rings. The largest absolute Gasteiger partial charge is 0.385 e. The highest BCUT2D eigenvalue weighted by Crippen LogP contribution is 2.43. The maximum absolute atomic E-state index is 14.8. The molecule has 0 bridgehead atoms. The molecule has 0 spiro atoms. The maximum Gasteiger partial charge on any atom is 0.264 e. The van der Waals surface area contributed by atoms with Crippen LogP contribution in [0, 0.1) is 27.7 Å². The molecule has 2 heterocycles. The number of imidazole rings is 1. The first-order valence-electron chi connectivity index (χ1n) is 18.1. The number of benzene rings is 6.